The summed E-state index contributed by atoms with van der Waals surface area (Å²) in [6, 6.07) is 0.593. The molecule has 2 aliphatic heterocycles. The van der Waals surface area contributed by atoms with Crippen LogP contribution in [-0.4, -0.2) is 75.5 Å². The molecule has 1 amide bonds. The molecule has 0 radical (unpaired) electrons. The quantitative estimate of drug-likeness (QED) is 0.830. The molecule has 0 aliphatic carbocycles. The van der Waals surface area contributed by atoms with Gasteiger partial charge in [0.1, 0.15) is 5.82 Å². The van der Waals surface area contributed by atoms with E-state index in [1.807, 2.05) is 19.4 Å². The molecular formula is C18H31N5O. The number of aromatic nitrogens is 2. The largest absolute Gasteiger partial charge is 0.340 e. The number of carbonyl (C=O) groups is 1. The summed E-state index contributed by atoms with van der Waals surface area (Å²) in [6.07, 6.45) is 5.87. The molecule has 134 valence electrons. The lowest BCUT2D eigenvalue weighted by Gasteiger charge is -2.39. The maximum atomic E-state index is 12.8. The molecule has 0 atom stereocenters. The van der Waals surface area contributed by atoms with Crippen LogP contribution in [0.3, 0.4) is 0 Å². The molecule has 0 unspecified atom stereocenters. The zero-order valence-electron chi connectivity index (χ0n) is 15.3. The Balaban J connectivity index is 1.45. The van der Waals surface area contributed by atoms with Crippen molar-refractivity contribution in [1.29, 1.82) is 0 Å². The zero-order chi connectivity index (χ0) is 17.1. The first-order chi connectivity index (χ1) is 11.5. The smallest absolute Gasteiger partial charge is 0.225 e. The van der Waals surface area contributed by atoms with Gasteiger partial charge in [0, 0.05) is 57.6 Å². The summed E-state index contributed by atoms with van der Waals surface area (Å²) in [5.41, 5.74) is 0. The third-order valence-corrected chi connectivity index (χ3v) is 5.58. The third-order valence-electron chi connectivity index (χ3n) is 5.58. The minimum Gasteiger partial charge on any atom is -0.340 e. The highest BCUT2D eigenvalue weighted by atomic mass is 16.2. The van der Waals surface area contributed by atoms with Gasteiger partial charge in [-0.2, -0.15) is 0 Å². The van der Waals surface area contributed by atoms with Crippen molar-refractivity contribution in [3.8, 4) is 0 Å². The second-order valence-corrected chi connectivity index (χ2v) is 7.46. The van der Waals surface area contributed by atoms with Gasteiger partial charge in [0.15, 0.2) is 0 Å². The third kappa shape index (κ3) is 3.98. The monoisotopic (exact) mass is 333 g/mol. The standard InChI is InChI=1S/C18H31N5O/c1-15(2)22-7-4-16(5-8-22)18(24)23-12-10-21(11-13-23)14-17-19-6-9-20(17)3/h6,9,15-16H,4-5,7-8,10-14H2,1-3H3. The molecule has 2 aliphatic rings. The highest BCUT2D eigenvalue weighted by molar-refractivity contribution is 5.79. The number of imidazole rings is 1. The van der Waals surface area contributed by atoms with Crippen LogP contribution in [0.1, 0.15) is 32.5 Å². The van der Waals surface area contributed by atoms with E-state index < -0.39 is 0 Å². The van der Waals surface area contributed by atoms with E-state index in [1.165, 1.54) is 0 Å². The molecule has 3 heterocycles. The van der Waals surface area contributed by atoms with Crippen molar-refractivity contribution in [3.63, 3.8) is 0 Å². The van der Waals surface area contributed by atoms with Crippen LogP contribution in [0.5, 0.6) is 0 Å². The average Bonchev–Trinajstić information content (AvgIpc) is 3.00. The van der Waals surface area contributed by atoms with E-state index >= 15 is 0 Å². The Kier molecular flexibility index (Phi) is 5.56. The number of hydrogen-bond acceptors (Lipinski definition) is 4. The fraction of sp³-hybridized carbons (Fsp3) is 0.778. The molecule has 3 rings (SSSR count). The first-order valence-corrected chi connectivity index (χ1v) is 9.26. The van der Waals surface area contributed by atoms with Crippen LogP contribution in [0.25, 0.3) is 0 Å². The molecular weight excluding hydrogens is 302 g/mol. The predicted molar refractivity (Wildman–Crippen MR) is 94.5 cm³/mol. The zero-order valence-corrected chi connectivity index (χ0v) is 15.3. The van der Waals surface area contributed by atoms with Crippen molar-refractivity contribution in [2.45, 2.75) is 39.3 Å². The summed E-state index contributed by atoms with van der Waals surface area (Å²) in [6.45, 7) is 11.1. The number of rotatable bonds is 4. The SMILES string of the molecule is CC(C)N1CCC(C(=O)N2CCN(Cc3nccn3C)CC2)CC1. The van der Waals surface area contributed by atoms with Crippen LogP contribution in [0.15, 0.2) is 12.4 Å². The van der Waals surface area contributed by atoms with Crippen molar-refractivity contribution in [2.75, 3.05) is 39.3 Å². The molecule has 1 aromatic heterocycles. The van der Waals surface area contributed by atoms with Crippen LogP contribution < -0.4 is 0 Å². The number of carbonyl (C=O) groups excluding carboxylic acids is 1. The Hall–Kier alpha value is -1.40. The van der Waals surface area contributed by atoms with Crippen molar-refractivity contribution in [1.82, 2.24) is 24.3 Å². The number of amides is 1. The van der Waals surface area contributed by atoms with Gasteiger partial charge in [0.05, 0.1) is 6.54 Å². The number of piperazine rings is 1. The molecule has 0 bridgehead atoms. The predicted octanol–water partition coefficient (Wildman–Crippen LogP) is 1.18. The molecule has 0 spiro atoms. The van der Waals surface area contributed by atoms with Gasteiger partial charge >= 0.3 is 0 Å². The van der Waals surface area contributed by atoms with Crippen LogP contribution in [0.4, 0.5) is 0 Å². The second-order valence-electron chi connectivity index (χ2n) is 7.46. The summed E-state index contributed by atoms with van der Waals surface area (Å²) in [5.74, 6) is 1.71. The van der Waals surface area contributed by atoms with Gasteiger partial charge in [0.25, 0.3) is 0 Å². The normalized spacial score (nSPS) is 21.6. The molecule has 2 saturated heterocycles. The van der Waals surface area contributed by atoms with Gasteiger partial charge in [-0.15, -0.1) is 0 Å². The highest BCUT2D eigenvalue weighted by Crippen LogP contribution is 2.22. The molecule has 6 nitrogen and oxygen atoms in total. The first kappa shape index (κ1) is 17.4. The Morgan fingerprint density at radius 2 is 1.83 bits per heavy atom. The van der Waals surface area contributed by atoms with Crippen molar-refractivity contribution < 1.29 is 4.79 Å². The Morgan fingerprint density at radius 1 is 1.17 bits per heavy atom. The lowest BCUT2D eigenvalue weighted by molar-refractivity contribution is -0.139. The molecule has 24 heavy (non-hydrogen) atoms. The van der Waals surface area contributed by atoms with Crippen molar-refractivity contribution in [3.05, 3.63) is 18.2 Å². The fourth-order valence-corrected chi connectivity index (χ4v) is 3.80. The number of hydrogen-bond donors (Lipinski definition) is 0. The summed E-state index contributed by atoms with van der Waals surface area (Å²) >= 11 is 0. The van der Waals surface area contributed by atoms with Gasteiger partial charge in [0.2, 0.25) is 5.91 Å². The van der Waals surface area contributed by atoms with E-state index in [9.17, 15) is 4.79 Å². The van der Waals surface area contributed by atoms with Gasteiger partial charge in [-0.05, 0) is 39.8 Å². The first-order valence-electron chi connectivity index (χ1n) is 9.26. The maximum Gasteiger partial charge on any atom is 0.225 e. The second kappa shape index (κ2) is 7.66. The summed E-state index contributed by atoms with van der Waals surface area (Å²) in [4.78, 5) is 24.1. The number of likely N-dealkylation sites (tertiary alicyclic amines) is 1. The lowest BCUT2D eigenvalue weighted by atomic mass is 9.94. The fourth-order valence-electron chi connectivity index (χ4n) is 3.80. The Bertz CT molecular complexity index is 539. The summed E-state index contributed by atoms with van der Waals surface area (Å²) < 4.78 is 2.07. The topological polar surface area (TPSA) is 44.6 Å². The number of nitrogens with zero attached hydrogens (tertiary/aromatic N) is 5. The molecule has 1 aromatic rings. The minimum absolute atomic E-state index is 0.237. The van der Waals surface area contributed by atoms with E-state index in [0.717, 1.165) is 64.5 Å². The van der Waals surface area contributed by atoms with Crippen molar-refractivity contribution >= 4 is 5.91 Å². The van der Waals surface area contributed by atoms with E-state index in [1.54, 1.807) is 0 Å². The van der Waals surface area contributed by atoms with E-state index in [-0.39, 0.29) is 5.92 Å². The molecule has 0 N–H and O–H groups in total. The molecule has 0 saturated carbocycles. The van der Waals surface area contributed by atoms with Crippen LogP contribution in [0, 0.1) is 5.92 Å². The molecule has 0 aromatic carbocycles. The van der Waals surface area contributed by atoms with E-state index in [0.29, 0.717) is 11.9 Å². The Morgan fingerprint density at radius 3 is 2.38 bits per heavy atom. The molecule has 2 fully saturated rings. The Labute approximate surface area is 145 Å². The van der Waals surface area contributed by atoms with Crippen molar-refractivity contribution in [2.24, 2.45) is 13.0 Å². The molecule has 6 heteroatoms. The lowest BCUT2D eigenvalue weighted by Crippen LogP contribution is -2.51. The maximum absolute atomic E-state index is 12.8. The van der Waals surface area contributed by atoms with Gasteiger partial charge in [-0.1, -0.05) is 0 Å². The van der Waals surface area contributed by atoms with E-state index in [2.05, 4.69) is 38.1 Å². The van der Waals surface area contributed by atoms with Gasteiger partial charge in [-0.25, -0.2) is 4.98 Å². The van der Waals surface area contributed by atoms with Gasteiger partial charge < -0.3 is 14.4 Å². The number of aryl methyl sites for hydroxylation is 1. The average molecular weight is 333 g/mol. The van der Waals surface area contributed by atoms with Crippen LogP contribution in [0.2, 0.25) is 0 Å². The van der Waals surface area contributed by atoms with Crippen LogP contribution >= 0.6 is 0 Å². The minimum atomic E-state index is 0.237. The highest BCUT2D eigenvalue weighted by Gasteiger charge is 2.31. The summed E-state index contributed by atoms with van der Waals surface area (Å²) in [5, 5.41) is 0. The van der Waals surface area contributed by atoms with Crippen LogP contribution in [-0.2, 0) is 18.4 Å². The number of piperidine rings is 1. The summed E-state index contributed by atoms with van der Waals surface area (Å²) in [7, 11) is 2.03. The van der Waals surface area contributed by atoms with E-state index in [4.69, 9.17) is 0 Å². The van der Waals surface area contributed by atoms with Gasteiger partial charge in [-0.3, -0.25) is 9.69 Å².